The number of amides is 2. The molecule has 4 aromatic carbocycles. The van der Waals surface area contributed by atoms with E-state index in [4.69, 9.17) is 0 Å². The third-order valence-electron chi connectivity index (χ3n) is 7.68. The number of rotatable bonds is 2. The van der Waals surface area contributed by atoms with Crippen molar-refractivity contribution in [3.05, 3.63) is 125 Å². The van der Waals surface area contributed by atoms with Crippen molar-refractivity contribution < 1.29 is 9.59 Å². The molecule has 3 aliphatic carbocycles. The summed E-state index contributed by atoms with van der Waals surface area (Å²) in [6, 6.07) is 34.4. The van der Waals surface area contributed by atoms with E-state index < -0.39 is 0 Å². The number of hydrogen-bond donors (Lipinski definition) is 0. The minimum absolute atomic E-state index is 0.0765. The van der Waals surface area contributed by atoms with Gasteiger partial charge in [0.2, 0.25) is 11.8 Å². The molecule has 4 aliphatic rings. The minimum Gasteiger partial charge on any atom is -0.274 e. The zero-order valence-corrected chi connectivity index (χ0v) is 17.9. The summed E-state index contributed by atoms with van der Waals surface area (Å²) in [6.07, 6.45) is 0. The number of carbonyl (C=O) groups excluding carboxylic acids is 2. The van der Waals surface area contributed by atoms with Crippen molar-refractivity contribution in [2.75, 3.05) is 4.90 Å². The van der Waals surface area contributed by atoms with Crippen LogP contribution in [-0.2, 0) is 9.59 Å². The SMILES string of the molecule is O=C1[C@H]2C3c4ccccc4C(c4ccccc43)[C@@H]2C(=O)N1c1ccccc1-c1ccccc1. The molecule has 2 bridgehead atoms. The summed E-state index contributed by atoms with van der Waals surface area (Å²) in [4.78, 5) is 29.6. The highest BCUT2D eigenvalue weighted by Gasteiger charge is 2.61. The molecule has 3 nitrogen and oxygen atoms in total. The third kappa shape index (κ3) is 2.39. The maximum absolute atomic E-state index is 14.0. The van der Waals surface area contributed by atoms with Crippen LogP contribution in [-0.4, -0.2) is 11.8 Å². The van der Waals surface area contributed by atoms with Gasteiger partial charge in [0.15, 0.2) is 0 Å². The van der Waals surface area contributed by atoms with E-state index >= 15 is 0 Å². The Hall–Kier alpha value is -3.98. The number of para-hydroxylation sites is 1. The molecule has 0 spiro atoms. The van der Waals surface area contributed by atoms with Crippen LogP contribution in [0.5, 0.6) is 0 Å². The van der Waals surface area contributed by atoms with Gasteiger partial charge >= 0.3 is 0 Å². The van der Waals surface area contributed by atoms with Crippen molar-refractivity contribution in [1.29, 1.82) is 0 Å². The van der Waals surface area contributed by atoms with Crippen molar-refractivity contribution >= 4 is 17.5 Å². The minimum atomic E-state index is -0.365. The van der Waals surface area contributed by atoms with Crippen LogP contribution in [0.1, 0.15) is 34.1 Å². The smallest absolute Gasteiger partial charge is 0.238 e. The number of imide groups is 1. The van der Waals surface area contributed by atoms with Crippen molar-refractivity contribution in [2.45, 2.75) is 11.8 Å². The summed E-state index contributed by atoms with van der Waals surface area (Å²) in [5.74, 6) is -1.05. The van der Waals surface area contributed by atoms with E-state index in [1.165, 1.54) is 27.2 Å². The second-order valence-electron chi connectivity index (χ2n) is 9.16. The van der Waals surface area contributed by atoms with Crippen LogP contribution < -0.4 is 4.90 Å². The topological polar surface area (TPSA) is 37.4 Å². The highest BCUT2D eigenvalue weighted by atomic mass is 16.2. The van der Waals surface area contributed by atoms with Crippen molar-refractivity contribution in [3.63, 3.8) is 0 Å². The van der Waals surface area contributed by atoms with Crippen molar-refractivity contribution in [3.8, 4) is 11.1 Å². The fraction of sp³-hybridized carbons (Fsp3) is 0.133. The molecule has 1 saturated heterocycles. The quantitative estimate of drug-likeness (QED) is 0.382. The average Bonchev–Trinajstić information content (AvgIpc) is 3.15. The van der Waals surface area contributed by atoms with E-state index in [-0.39, 0.29) is 35.5 Å². The Morgan fingerprint density at radius 1 is 0.485 bits per heavy atom. The Labute approximate surface area is 192 Å². The summed E-state index contributed by atoms with van der Waals surface area (Å²) < 4.78 is 0. The predicted octanol–water partition coefficient (Wildman–Crippen LogP) is 5.75. The summed E-state index contributed by atoms with van der Waals surface area (Å²) in [7, 11) is 0. The standard InChI is InChI=1S/C30H21NO2/c32-29-27-25-20-13-4-5-14-21(20)26(23-16-7-6-15-22(23)25)28(27)30(33)31(29)24-17-9-8-12-19(24)18-10-2-1-3-11-18/h1-17,25-28H/t25?,26?,27-,28-/m0/s1. The lowest BCUT2D eigenvalue weighted by atomic mass is 9.55. The van der Waals surface area contributed by atoms with Gasteiger partial charge in [-0.05, 0) is 33.9 Å². The van der Waals surface area contributed by atoms with E-state index in [1.807, 2.05) is 78.9 Å². The van der Waals surface area contributed by atoms with Crippen LogP contribution in [0.3, 0.4) is 0 Å². The monoisotopic (exact) mass is 427 g/mol. The van der Waals surface area contributed by atoms with E-state index in [2.05, 4.69) is 24.3 Å². The van der Waals surface area contributed by atoms with Crippen LogP contribution in [0.4, 0.5) is 5.69 Å². The zero-order valence-electron chi connectivity index (χ0n) is 17.9. The van der Waals surface area contributed by atoms with Gasteiger partial charge in [0.1, 0.15) is 0 Å². The normalized spacial score (nSPS) is 24.4. The molecule has 158 valence electrons. The van der Waals surface area contributed by atoms with Gasteiger partial charge < -0.3 is 0 Å². The number of nitrogens with zero attached hydrogens (tertiary/aromatic N) is 1. The molecule has 0 unspecified atom stereocenters. The van der Waals surface area contributed by atoms with E-state index in [0.29, 0.717) is 5.69 Å². The highest BCUT2D eigenvalue weighted by Crippen LogP contribution is 2.61. The Balaban J connectivity index is 1.42. The van der Waals surface area contributed by atoms with Crippen LogP contribution in [0.25, 0.3) is 11.1 Å². The average molecular weight is 428 g/mol. The first-order valence-electron chi connectivity index (χ1n) is 11.5. The molecule has 4 aromatic rings. The van der Waals surface area contributed by atoms with Crippen LogP contribution in [0, 0.1) is 11.8 Å². The number of hydrogen-bond acceptors (Lipinski definition) is 2. The molecule has 2 amide bonds. The van der Waals surface area contributed by atoms with Gasteiger partial charge in [-0.3, -0.25) is 9.59 Å². The van der Waals surface area contributed by atoms with Crippen molar-refractivity contribution in [1.82, 2.24) is 0 Å². The maximum atomic E-state index is 14.0. The number of benzene rings is 4. The second kappa shape index (κ2) is 6.76. The Kier molecular flexibility index (Phi) is 3.80. The molecule has 8 rings (SSSR count). The van der Waals surface area contributed by atoms with E-state index in [1.54, 1.807) is 0 Å². The van der Waals surface area contributed by atoms with Gasteiger partial charge in [-0.15, -0.1) is 0 Å². The fourth-order valence-electron chi connectivity index (χ4n) is 6.45. The first-order valence-corrected chi connectivity index (χ1v) is 11.5. The fourth-order valence-corrected chi connectivity index (χ4v) is 6.45. The second-order valence-corrected chi connectivity index (χ2v) is 9.16. The molecule has 0 radical (unpaired) electrons. The molecule has 3 heteroatoms. The van der Waals surface area contributed by atoms with Gasteiger partial charge in [0, 0.05) is 17.4 Å². The van der Waals surface area contributed by atoms with Crippen LogP contribution in [0.2, 0.25) is 0 Å². The molecule has 33 heavy (non-hydrogen) atoms. The van der Waals surface area contributed by atoms with Crippen LogP contribution >= 0.6 is 0 Å². The van der Waals surface area contributed by atoms with E-state index in [9.17, 15) is 9.59 Å². The third-order valence-corrected chi connectivity index (χ3v) is 7.68. The molecular weight excluding hydrogens is 406 g/mol. The Morgan fingerprint density at radius 3 is 1.42 bits per heavy atom. The van der Waals surface area contributed by atoms with Crippen LogP contribution in [0.15, 0.2) is 103 Å². The largest absolute Gasteiger partial charge is 0.274 e. The molecule has 2 atom stereocenters. The first kappa shape index (κ1) is 18.6. The van der Waals surface area contributed by atoms with Gasteiger partial charge in [-0.1, -0.05) is 97.1 Å². The summed E-state index contributed by atoms with van der Waals surface area (Å²) in [5, 5.41) is 0. The lowest BCUT2D eigenvalue weighted by Gasteiger charge is -2.45. The molecular formula is C30H21NO2. The molecule has 1 aliphatic heterocycles. The van der Waals surface area contributed by atoms with Gasteiger partial charge in [-0.25, -0.2) is 4.90 Å². The molecule has 0 saturated carbocycles. The van der Waals surface area contributed by atoms with Crippen molar-refractivity contribution in [2.24, 2.45) is 11.8 Å². The molecule has 0 aromatic heterocycles. The zero-order chi connectivity index (χ0) is 22.1. The lowest BCUT2D eigenvalue weighted by Crippen LogP contribution is -2.41. The van der Waals surface area contributed by atoms with Gasteiger partial charge in [0.05, 0.1) is 17.5 Å². The summed E-state index contributed by atoms with van der Waals surface area (Å²) in [6.45, 7) is 0. The Bertz CT molecular complexity index is 1330. The number of carbonyl (C=O) groups is 2. The first-order chi connectivity index (χ1) is 16.3. The molecule has 1 fully saturated rings. The molecule has 0 N–H and O–H groups in total. The van der Waals surface area contributed by atoms with Gasteiger partial charge in [-0.2, -0.15) is 0 Å². The maximum Gasteiger partial charge on any atom is 0.238 e. The lowest BCUT2D eigenvalue weighted by molar-refractivity contribution is -0.122. The van der Waals surface area contributed by atoms with Gasteiger partial charge in [0.25, 0.3) is 0 Å². The summed E-state index contributed by atoms with van der Waals surface area (Å²) in [5.41, 5.74) is 7.37. The Morgan fingerprint density at radius 2 is 0.909 bits per heavy atom. The highest BCUT2D eigenvalue weighted by molar-refractivity contribution is 6.24. The number of anilines is 1. The summed E-state index contributed by atoms with van der Waals surface area (Å²) >= 11 is 0. The molecule has 1 heterocycles. The predicted molar refractivity (Wildman–Crippen MR) is 128 cm³/mol. The van der Waals surface area contributed by atoms with E-state index in [0.717, 1.165) is 11.1 Å².